The summed E-state index contributed by atoms with van der Waals surface area (Å²) >= 11 is 0. The normalized spacial score (nSPS) is 14.4. The molecule has 1 aliphatic rings. The molecule has 3 N–H and O–H groups in total. The second kappa shape index (κ2) is 22.2. The maximum Gasteiger partial charge on any atom is 0.143 e. The van der Waals surface area contributed by atoms with Crippen LogP contribution in [0.3, 0.4) is 0 Å². The molecule has 24 heavy (non-hydrogen) atoms. The zero-order chi connectivity index (χ0) is 19.4. The minimum absolute atomic E-state index is 0.212. The molecule has 0 radical (unpaired) electrons. The van der Waals surface area contributed by atoms with Gasteiger partial charge in [-0.05, 0) is 26.3 Å². The van der Waals surface area contributed by atoms with E-state index in [-0.39, 0.29) is 5.78 Å². The highest BCUT2D eigenvalue weighted by Gasteiger charge is 2.16. The molecule has 0 aromatic rings. The summed E-state index contributed by atoms with van der Waals surface area (Å²) in [5.41, 5.74) is 4.50. The Hall–Kier alpha value is -0.820. The van der Waals surface area contributed by atoms with Gasteiger partial charge in [-0.15, -0.1) is 0 Å². The predicted molar refractivity (Wildman–Crippen MR) is 102 cm³/mol. The van der Waals surface area contributed by atoms with Crippen LogP contribution in [0.2, 0.25) is 0 Å². The molecule has 0 saturated carbocycles. The zero-order valence-corrected chi connectivity index (χ0v) is 16.8. The molecular formula is C18H41N3O3. The lowest BCUT2D eigenvalue weighted by Gasteiger charge is -2.32. The van der Waals surface area contributed by atoms with Crippen molar-refractivity contribution in [2.45, 2.75) is 47.5 Å². The number of piperazine rings is 1. The van der Waals surface area contributed by atoms with Gasteiger partial charge in [-0.3, -0.25) is 14.6 Å². The maximum atomic E-state index is 10.8. The second-order valence-corrected chi connectivity index (χ2v) is 6.06. The number of nitrogens with zero attached hydrogens (tertiary/aromatic N) is 2. The van der Waals surface area contributed by atoms with Crippen LogP contribution in [0.4, 0.5) is 0 Å². The van der Waals surface area contributed by atoms with Crippen molar-refractivity contribution in [2.24, 2.45) is 11.7 Å². The van der Waals surface area contributed by atoms with Gasteiger partial charge in [0, 0.05) is 32.8 Å². The van der Waals surface area contributed by atoms with E-state index in [4.69, 9.17) is 5.11 Å². The van der Waals surface area contributed by atoms with Crippen molar-refractivity contribution in [1.82, 2.24) is 9.80 Å². The van der Waals surface area contributed by atoms with Crippen molar-refractivity contribution in [3.63, 3.8) is 0 Å². The monoisotopic (exact) mass is 347 g/mol. The third kappa shape index (κ3) is 23.4. The summed E-state index contributed by atoms with van der Waals surface area (Å²) in [6.45, 7) is 15.0. The van der Waals surface area contributed by atoms with Gasteiger partial charge in [0.15, 0.2) is 0 Å². The van der Waals surface area contributed by atoms with Crippen molar-refractivity contribution in [3.8, 4) is 0 Å². The molecular weight excluding hydrogens is 306 g/mol. The molecule has 0 aromatic heterocycles. The Morgan fingerprint density at radius 2 is 1.54 bits per heavy atom. The van der Waals surface area contributed by atoms with E-state index in [0.29, 0.717) is 25.6 Å². The van der Waals surface area contributed by atoms with Crippen molar-refractivity contribution >= 4 is 12.1 Å². The summed E-state index contributed by atoms with van der Waals surface area (Å²) in [7, 11) is 1.50. The number of aliphatic hydroxyl groups excluding tert-OH is 1. The standard InChI is InChI=1S/C9H16N2O2.C5H12O.C3H8.CH5N/c1-9(13)8-11-4-2-10(3-5-11)6-7-12;1-5(2)3-4-6;1-3-2;1-2/h7H,2-6,8H2,1H3;5-6H,3-4H2,1-2H3;3H2,1-2H3;2H2,1H3. The zero-order valence-electron chi connectivity index (χ0n) is 16.8. The SMILES string of the molecule is CC(=O)CN1CCN(CC=O)CC1.CC(C)CCO.CCC.CN. The Labute approximate surface area is 149 Å². The van der Waals surface area contributed by atoms with E-state index in [2.05, 4.69) is 43.2 Å². The van der Waals surface area contributed by atoms with Gasteiger partial charge >= 0.3 is 0 Å². The van der Waals surface area contributed by atoms with Crippen LogP contribution in [0, 0.1) is 5.92 Å². The summed E-state index contributed by atoms with van der Waals surface area (Å²) in [5.74, 6) is 0.860. The van der Waals surface area contributed by atoms with E-state index in [9.17, 15) is 9.59 Å². The lowest BCUT2D eigenvalue weighted by molar-refractivity contribution is -0.119. The molecule has 1 saturated heterocycles. The summed E-state index contributed by atoms with van der Waals surface area (Å²) in [5, 5.41) is 8.24. The average Bonchev–Trinajstić information content (AvgIpc) is 2.52. The number of hydrogen-bond donors (Lipinski definition) is 2. The van der Waals surface area contributed by atoms with Gasteiger partial charge in [-0.25, -0.2) is 0 Å². The average molecular weight is 348 g/mol. The fourth-order valence-corrected chi connectivity index (χ4v) is 1.81. The van der Waals surface area contributed by atoms with E-state index in [1.807, 2.05) is 0 Å². The molecule has 6 nitrogen and oxygen atoms in total. The fourth-order valence-electron chi connectivity index (χ4n) is 1.81. The van der Waals surface area contributed by atoms with Gasteiger partial charge in [0.1, 0.15) is 12.1 Å². The van der Waals surface area contributed by atoms with Crippen LogP contribution in [-0.2, 0) is 9.59 Å². The number of carbonyl (C=O) groups excluding carboxylic acids is 2. The van der Waals surface area contributed by atoms with Crippen LogP contribution in [-0.4, -0.2) is 79.9 Å². The first-order chi connectivity index (χ1) is 11.4. The molecule has 1 rings (SSSR count). The lowest BCUT2D eigenvalue weighted by atomic mass is 10.2. The molecule has 146 valence electrons. The number of aldehydes is 1. The van der Waals surface area contributed by atoms with Crippen LogP contribution < -0.4 is 5.73 Å². The molecule has 0 aliphatic carbocycles. The highest BCUT2D eigenvalue weighted by Crippen LogP contribution is 1.99. The Morgan fingerprint density at radius 1 is 1.12 bits per heavy atom. The van der Waals surface area contributed by atoms with E-state index in [1.54, 1.807) is 6.92 Å². The molecule has 1 aliphatic heterocycles. The number of Topliss-reactive ketones (excluding diaryl/α,β-unsaturated/α-hetero) is 1. The number of aliphatic hydroxyl groups is 1. The van der Waals surface area contributed by atoms with Gasteiger partial charge in [0.05, 0.1) is 13.1 Å². The van der Waals surface area contributed by atoms with Crippen LogP contribution in [0.5, 0.6) is 0 Å². The molecule has 1 heterocycles. The van der Waals surface area contributed by atoms with E-state index < -0.39 is 0 Å². The summed E-state index contributed by atoms with van der Waals surface area (Å²) in [6.07, 6.45) is 3.11. The quantitative estimate of drug-likeness (QED) is 0.707. The lowest BCUT2D eigenvalue weighted by Crippen LogP contribution is -2.48. The molecule has 0 aromatic carbocycles. The maximum absolute atomic E-state index is 10.8. The van der Waals surface area contributed by atoms with Crippen molar-refractivity contribution in [2.75, 3.05) is 52.9 Å². The number of carbonyl (C=O) groups is 2. The molecule has 0 atom stereocenters. The Balaban J connectivity index is -0.000000336. The van der Waals surface area contributed by atoms with Crippen LogP contribution in [0.15, 0.2) is 0 Å². The first kappa shape index (κ1) is 28.0. The fraction of sp³-hybridized carbons (Fsp3) is 0.889. The van der Waals surface area contributed by atoms with Crippen LogP contribution >= 0.6 is 0 Å². The summed E-state index contributed by atoms with van der Waals surface area (Å²) in [4.78, 5) is 25.3. The van der Waals surface area contributed by atoms with E-state index >= 15 is 0 Å². The number of nitrogens with two attached hydrogens (primary N) is 1. The third-order valence-corrected chi connectivity index (χ3v) is 2.95. The van der Waals surface area contributed by atoms with Crippen LogP contribution in [0.25, 0.3) is 0 Å². The van der Waals surface area contributed by atoms with Gasteiger partial charge < -0.3 is 15.6 Å². The minimum atomic E-state index is 0.212. The summed E-state index contributed by atoms with van der Waals surface area (Å²) in [6, 6.07) is 0. The molecule has 0 unspecified atom stereocenters. The smallest absolute Gasteiger partial charge is 0.143 e. The predicted octanol–water partition coefficient (Wildman–Crippen LogP) is 1.41. The van der Waals surface area contributed by atoms with Gasteiger partial charge in [0.2, 0.25) is 0 Å². The molecule has 6 heteroatoms. The minimum Gasteiger partial charge on any atom is -0.396 e. The highest BCUT2D eigenvalue weighted by molar-refractivity contribution is 5.77. The topological polar surface area (TPSA) is 86.9 Å². The van der Waals surface area contributed by atoms with Crippen molar-refractivity contribution < 1.29 is 14.7 Å². The number of rotatable bonds is 6. The largest absolute Gasteiger partial charge is 0.396 e. The van der Waals surface area contributed by atoms with Crippen molar-refractivity contribution in [3.05, 3.63) is 0 Å². The first-order valence-corrected chi connectivity index (χ1v) is 8.97. The Morgan fingerprint density at radius 3 is 1.79 bits per heavy atom. The number of ketones is 1. The molecule has 0 spiro atoms. The van der Waals surface area contributed by atoms with Gasteiger partial charge in [0.25, 0.3) is 0 Å². The molecule has 0 bridgehead atoms. The first-order valence-electron chi connectivity index (χ1n) is 8.97. The van der Waals surface area contributed by atoms with E-state index in [1.165, 1.54) is 13.5 Å². The Kier molecular flexibility index (Phi) is 25.9. The molecule has 0 amide bonds. The van der Waals surface area contributed by atoms with E-state index in [0.717, 1.165) is 38.9 Å². The third-order valence-electron chi connectivity index (χ3n) is 2.95. The molecule has 1 fully saturated rings. The number of hydrogen-bond acceptors (Lipinski definition) is 6. The summed E-state index contributed by atoms with van der Waals surface area (Å²) < 4.78 is 0. The van der Waals surface area contributed by atoms with Crippen LogP contribution in [0.1, 0.15) is 47.5 Å². The van der Waals surface area contributed by atoms with Gasteiger partial charge in [-0.2, -0.15) is 0 Å². The van der Waals surface area contributed by atoms with Crippen molar-refractivity contribution in [1.29, 1.82) is 0 Å². The highest BCUT2D eigenvalue weighted by atomic mass is 16.3. The second-order valence-electron chi connectivity index (χ2n) is 6.06. The Bertz CT molecular complexity index is 266. The van der Waals surface area contributed by atoms with Gasteiger partial charge in [-0.1, -0.05) is 34.1 Å².